The molecule has 0 aliphatic carbocycles. The standard InChI is InChI=1S/C14H20N2O2S3/c1-10(8-12-5-4-11(2)20-12)16-21(17,18)14-6-7-19-13(14)9-15-3/h4-7,10,15-16H,8-9H2,1-3H3. The third-order valence-electron chi connectivity index (χ3n) is 2.99. The number of hydrogen-bond acceptors (Lipinski definition) is 5. The van der Waals surface area contributed by atoms with Gasteiger partial charge in [-0.05, 0) is 50.9 Å². The van der Waals surface area contributed by atoms with E-state index in [-0.39, 0.29) is 6.04 Å². The Hall–Kier alpha value is -0.730. The van der Waals surface area contributed by atoms with Crippen molar-refractivity contribution in [1.82, 2.24) is 10.0 Å². The van der Waals surface area contributed by atoms with Crippen LogP contribution in [0.25, 0.3) is 0 Å². The molecule has 0 aromatic carbocycles. The highest BCUT2D eigenvalue weighted by atomic mass is 32.2. The van der Waals surface area contributed by atoms with Crippen molar-refractivity contribution < 1.29 is 8.42 Å². The molecular weight excluding hydrogens is 324 g/mol. The summed E-state index contributed by atoms with van der Waals surface area (Å²) in [5, 5.41) is 4.81. The number of rotatable bonds is 7. The fourth-order valence-electron chi connectivity index (χ4n) is 2.12. The van der Waals surface area contributed by atoms with E-state index in [1.54, 1.807) is 17.4 Å². The Morgan fingerprint density at radius 2 is 2.05 bits per heavy atom. The molecule has 2 rings (SSSR count). The molecule has 4 nitrogen and oxygen atoms in total. The van der Waals surface area contributed by atoms with Crippen molar-refractivity contribution in [3.63, 3.8) is 0 Å². The van der Waals surface area contributed by atoms with Gasteiger partial charge in [-0.3, -0.25) is 0 Å². The van der Waals surface area contributed by atoms with Crippen LogP contribution in [0.5, 0.6) is 0 Å². The van der Waals surface area contributed by atoms with Crippen LogP contribution in [0.3, 0.4) is 0 Å². The zero-order valence-corrected chi connectivity index (χ0v) is 14.8. The number of thiophene rings is 2. The molecule has 0 aliphatic rings. The van der Waals surface area contributed by atoms with Crippen molar-refractivity contribution in [1.29, 1.82) is 0 Å². The monoisotopic (exact) mass is 344 g/mol. The zero-order valence-electron chi connectivity index (χ0n) is 12.3. The largest absolute Gasteiger partial charge is 0.315 e. The molecule has 2 heterocycles. The van der Waals surface area contributed by atoms with Crippen LogP contribution in [0, 0.1) is 6.92 Å². The third-order valence-corrected chi connectivity index (χ3v) is 6.74. The van der Waals surface area contributed by atoms with Crippen molar-refractivity contribution in [2.24, 2.45) is 0 Å². The fraction of sp³-hybridized carbons (Fsp3) is 0.429. The van der Waals surface area contributed by atoms with Crippen molar-refractivity contribution in [2.45, 2.75) is 37.8 Å². The average Bonchev–Trinajstić information content (AvgIpc) is 2.98. The average molecular weight is 345 g/mol. The maximum Gasteiger partial charge on any atom is 0.241 e. The number of hydrogen-bond donors (Lipinski definition) is 2. The molecule has 21 heavy (non-hydrogen) atoms. The van der Waals surface area contributed by atoms with Gasteiger partial charge < -0.3 is 5.32 Å². The first-order valence-electron chi connectivity index (χ1n) is 6.71. The van der Waals surface area contributed by atoms with E-state index in [4.69, 9.17) is 0 Å². The minimum Gasteiger partial charge on any atom is -0.315 e. The lowest BCUT2D eigenvalue weighted by Crippen LogP contribution is -2.34. The van der Waals surface area contributed by atoms with Gasteiger partial charge in [0.15, 0.2) is 0 Å². The first-order valence-corrected chi connectivity index (χ1v) is 9.89. The molecule has 0 spiro atoms. The maximum atomic E-state index is 12.5. The summed E-state index contributed by atoms with van der Waals surface area (Å²) in [4.78, 5) is 3.66. The topological polar surface area (TPSA) is 58.2 Å². The van der Waals surface area contributed by atoms with Crippen molar-refractivity contribution in [3.8, 4) is 0 Å². The van der Waals surface area contributed by atoms with Crippen molar-refractivity contribution in [3.05, 3.63) is 38.2 Å². The van der Waals surface area contributed by atoms with Crippen LogP contribution in [-0.4, -0.2) is 21.5 Å². The minimum absolute atomic E-state index is 0.129. The highest BCUT2D eigenvalue weighted by Crippen LogP contribution is 2.23. The highest BCUT2D eigenvalue weighted by Gasteiger charge is 2.21. The second-order valence-electron chi connectivity index (χ2n) is 4.98. The molecule has 2 N–H and O–H groups in total. The van der Waals surface area contributed by atoms with Gasteiger partial charge in [0.25, 0.3) is 0 Å². The second kappa shape index (κ2) is 7.02. The SMILES string of the molecule is CNCc1sccc1S(=O)(=O)NC(C)Cc1ccc(C)s1. The summed E-state index contributed by atoms with van der Waals surface area (Å²) in [7, 11) is -1.65. The van der Waals surface area contributed by atoms with Crippen LogP contribution >= 0.6 is 22.7 Å². The number of sulfonamides is 1. The van der Waals surface area contributed by atoms with Crippen LogP contribution in [0.15, 0.2) is 28.5 Å². The zero-order chi connectivity index (χ0) is 15.5. The molecule has 7 heteroatoms. The predicted octanol–water partition coefficient (Wildman–Crippen LogP) is 2.75. The van der Waals surface area contributed by atoms with Gasteiger partial charge in [-0.25, -0.2) is 13.1 Å². The Morgan fingerprint density at radius 3 is 2.67 bits per heavy atom. The Balaban J connectivity index is 2.07. The molecule has 0 bridgehead atoms. The van der Waals surface area contributed by atoms with Crippen molar-refractivity contribution >= 4 is 32.7 Å². The highest BCUT2D eigenvalue weighted by molar-refractivity contribution is 7.89. The van der Waals surface area contributed by atoms with E-state index in [1.807, 2.05) is 19.4 Å². The summed E-state index contributed by atoms with van der Waals surface area (Å²) in [5.74, 6) is 0. The number of nitrogens with one attached hydrogen (secondary N) is 2. The first kappa shape index (κ1) is 16.6. The molecule has 0 fully saturated rings. The molecule has 0 aliphatic heterocycles. The van der Waals surface area contributed by atoms with Gasteiger partial charge in [0.2, 0.25) is 10.0 Å². The third kappa shape index (κ3) is 4.37. The van der Waals surface area contributed by atoms with Gasteiger partial charge in [0.05, 0.1) is 4.90 Å². The van der Waals surface area contributed by atoms with Crippen LogP contribution in [0.4, 0.5) is 0 Å². The second-order valence-corrected chi connectivity index (χ2v) is 9.03. The Morgan fingerprint density at radius 1 is 1.29 bits per heavy atom. The van der Waals surface area contributed by atoms with E-state index in [2.05, 4.69) is 29.1 Å². The molecule has 0 amide bonds. The Kier molecular flexibility index (Phi) is 5.56. The van der Waals surface area contributed by atoms with E-state index in [0.717, 1.165) is 4.88 Å². The maximum absolute atomic E-state index is 12.5. The first-order chi connectivity index (χ1) is 9.92. The molecule has 2 aromatic heterocycles. The molecule has 0 radical (unpaired) electrons. The lowest BCUT2D eigenvalue weighted by atomic mass is 10.2. The van der Waals surface area contributed by atoms with Crippen LogP contribution in [0.1, 0.15) is 21.6 Å². The summed E-state index contributed by atoms with van der Waals surface area (Å²) in [6.45, 7) is 4.52. The van der Waals surface area contributed by atoms with Crippen molar-refractivity contribution in [2.75, 3.05) is 7.05 Å². The normalized spacial score (nSPS) is 13.5. The van der Waals surface area contributed by atoms with E-state index >= 15 is 0 Å². The summed E-state index contributed by atoms with van der Waals surface area (Å²) in [5.41, 5.74) is 0. The van der Waals surface area contributed by atoms with Gasteiger partial charge in [-0.1, -0.05) is 0 Å². The molecule has 1 atom stereocenters. The Bertz CT molecular complexity index is 689. The minimum atomic E-state index is -3.46. The van der Waals surface area contributed by atoms with Gasteiger partial charge in [0.1, 0.15) is 0 Å². The lowest BCUT2D eigenvalue weighted by molar-refractivity contribution is 0.560. The van der Waals surface area contributed by atoms with Crippen LogP contribution < -0.4 is 10.0 Å². The van der Waals surface area contributed by atoms with E-state index in [1.165, 1.54) is 21.1 Å². The molecular formula is C14H20N2O2S3. The van der Waals surface area contributed by atoms with Crippen LogP contribution in [-0.2, 0) is 23.0 Å². The Labute approximate surface area is 134 Å². The lowest BCUT2D eigenvalue weighted by Gasteiger charge is -2.13. The molecule has 1 unspecified atom stereocenters. The summed E-state index contributed by atoms with van der Waals surface area (Å²) < 4.78 is 27.7. The summed E-state index contributed by atoms with van der Waals surface area (Å²) >= 11 is 3.16. The van der Waals surface area contributed by atoms with Gasteiger partial charge in [-0.15, -0.1) is 22.7 Å². The molecule has 116 valence electrons. The van der Waals surface area contributed by atoms with Gasteiger partial charge >= 0.3 is 0 Å². The van der Waals surface area contributed by atoms with E-state index in [9.17, 15) is 8.42 Å². The van der Waals surface area contributed by atoms with Crippen LogP contribution in [0.2, 0.25) is 0 Å². The molecule has 0 saturated heterocycles. The smallest absolute Gasteiger partial charge is 0.241 e. The van der Waals surface area contributed by atoms with E-state index < -0.39 is 10.0 Å². The fourth-order valence-corrected chi connectivity index (χ4v) is 5.84. The van der Waals surface area contributed by atoms with E-state index in [0.29, 0.717) is 17.9 Å². The number of aryl methyl sites for hydroxylation is 1. The van der Waals surface area contributed by atoms with Gasteiger partial charge in [-0.2, -0.15) is 0 Å². The molecule has 2 aromatic rings. The summed E-state index contributed by atoms with van der Waals surface area (Å²) in [6, 6.07) is 5.66. The quantitative estimate of drug-likeness (QED) is 0.812. The summed E-state index contributed by atoms with van der Waals surface area (Å²) in [6.07, 6.45) is 0.712. The predicted molar refractivity (Wildman–Crippen MR) is 89.6 cm³/mol. The van der Waals surface area contributed by atoms with Gasteiger partial charge in [0, 0.05) is 27.2 Å². The molecule has 0 saturated carbocycles.